The van der Waals surface area contributed by atoms with Crippen molar-refractivity contribution < 1.29 is 13.2 Å². The first-order valence-electron chi connectivity index (χ1n) is 4.56. The van der Waals surface area contributed by atoms with Gasteiger partial charge in [-0.1, -0.05) is 12.8 Å². The zero-order valence-electron chi connectivity index (χ0n) is 8.16. The molecule has 0 amide bonds. The van der Waals surface area contributed by atoms with Crippen LogP contribution in [0.4, 0.5) is 13.2 Å². The van der Waals surface area contributed by atoms with Gasteiger partial charge in [0, 0.05) is 18.1 Å². The molecule has 0 aliphatic carbocycles. The van der Waals surface area contributed by atoms with Crippen LogP contribution in [0, 0.1) is 17.6 Å². The molecule has 0 atom stereocenters. The van der Waals surface area contributed by atoms with Crippen molar-refractivity contribution in [3.05, 3.63) is 5.75 Å². The molecule has 0 nitrogen and oxygen atoms in total. The highest BCUT2D eigenvalue weighted by Crippen LogP contribution is 2.13. The van der Waals surface area contributed by atoms with Gasteiger partial charge in [0.05, 0.1) is 0 Å². The Balaban J connectivity index is 3.24. The van der Waals surface area contributed by atoms with Crippen LogP contribution in [-0.2, 0) is 0 Å². The van der Waals surface area contributed by atoms with E-state index in [1.807, 2.05) is 0 Å². The summed E-state index contributed by atoms with van der Waals surface area (Å²) in [6, 6.07) is 0. The number of thioether (sulfide) groups is 1. The summed E-state index contributed by atoms with van der Waals surface area (Å²) in [6.45, 7) is 2.06. The lowest BCUT2D eigenvalue weighted by Gasteiger charge is -1.96. The van der Waals surface area contributed by atoms with Gasteiger partial charge >= 0.3 is 6.18 Å². The van der Waals surface area contributed by atoms with E-state index in [-0.39, 0.29) is 0 Å². The lowest BCUT2D eigenvalue weighted by atomic mass is 10.2. The molecule has 0 bridgehead atoms. The Morgan fingerprint density at radius 3 is 2.57 bits per heavy atom. The van der Waals surface area contributed by atoms with E-state index in [1.165, 1.54) is 5.92 Å². The van der Waals surface area contributed by atoms with Crippen molar-refractivity contribution >= 4 is 11.8 Å². The van der Waals surface area contributed by atoms with Gasteiger partial charge in [-0.05, 0) is 25.0 Å². The topological polar surface area (TPSA) is 0 Å². The highest BCUT2D eigenvalue weighted by molar-refractivity contribution is 8.01. The smallest absolute Gasteiger partial charge is 0.159 e. The fraction of sp³-hybridized carbons (Fsp3) is 0.700. The van der Waals surface area contributed by atoms with Gasteiger partial charge in [0.25, 0.3) is 0 Å². The molecule has 4 heteroatoms. The van der Waals surface area contributed by atoms with Crippen molar-refractivity contribution in [2.24, 2.45) is 0 Å². The van der Waals surface area contributed by atoms with Crippen LogP contribution in [-0.4, -0.2) is 11.9 Å². The van der Waals surface area contributed by atoms with E-state index in [4.69, 9.17) is 0 Å². The molecule has 0 rings (SSSR count). The zero-order chi connectivity index (χ0) is 10.9. The maximum absolute atomic E-state index is 11.5. The molecule has 0 saturated carbocycles. The predicted octanol–water partition coefficient (Wildman–Crippen LogP) is 4.03. The summed E-state index contributed by atoms with van der Waals surface area (Å²) in [6.07, 6.45) is -1.29. The Morgan fingerprint density at radius 2 is 2.00 bits per heavy atom. The van der Waals surface area contributed by atoms with E-state index in [0.717, 1.165) is 25.0 Å². The minimum absolute atomic E-state index is 0.339. The molecule has 81 valence electrons. The predicted molar refractivity (Wildman–Crippen MR) is 54.7 cm³/mol. The van der Waals surface area contributed by atoms with Crippen LogP contribution in [0.25, 0.3) is 0 Å². The maximum atomic E-state index is 11.5. The molecule has 1 radical (unpaired) electrons. The van der Waals surface area contributed by atoms with Crippen LogP contribution in [0.2, 0.25) is 0 Å². The van der Waals surface area contributed by atoms with Gasteiger partial charge in [-0.3, -0.25) is 0 Å². The third-order valence-corrected chi connectivity index (χ3v) is 2.42. The second-order valence-electron chi connectivity index (χ2n) is 2.70. The summed E-state index contributed by atoms with van der Waals surface area (Å²) in [7, 11) is 0. The summed E-state index contributed by atoms with van der Waals surface area (Å²) >= 11 is 1.72. The highest BCUT2D eigenvalue weighted by Gasteiger charge is 2.22. The number of hydrogen-bond acceptors (Lipinski definition) is 1. The average Bonchev–Trinajstić information content (AvgIpc) is 2.08. The van der Waals surface area contributed by atoms with E-state index >= 15 is 0 Å². The van der Waals surface area contributed by atoms with Crippen molar-refractivity contribution in [3.63, 3.8) is 0 Å². The molecule has 0 N–H and O–H groups in total. The van der Waals surface area contributed by atoms with Gasteiger partial charge in [-0.15, -0.1) is 0 Å². The van der Waals surface area contributed by atoms with Crippen LogP contribution in [0.1, 0.15) is 32.6 Å². The lowest BCUT2D eigenvalue weighted by Crippen LogP contribution is -2.01. The number of unbranched alkanes of at least 4 members (excludes halogenated alkanes) is 2. The molecule has 14 heavy (non-hydrogen) atoms. The van der Waals surface area contributed by atoms with Gasteiger partial charge in [0.1, 0.15) is 0 Å². The first kappa shape index (κ1) is 13.7. The molecule has 0 heterocycles. The van der Waals surface area contributed by atoms with Gasteiger partial charge < -0.3 is 0 Å². The number of rotatable bonds is 6. The number of alkyl halides is 3. The summed E-state index contributed by atoms with van der Waals surface area (Å²) in [4.78, 5) is 0. The average molecular weight is 223 g/mol. The fourth-order valence-corrected chi connectivity index (χ4v) is 1.54. The number of halogens is 3. The second kappa shape index (κ2) is 8.05. The van der Waals surface area contributed by atoms with E-state index in [0.29, 0.717) is 6.42 Å². The monoisotopic (exact) mass is 223 g/mol. The van der Waals surface area contributed by atoms with Crippen LogP contribution in [0.15, 0.2) is 0 Å². The van der Waals surface area contributed by atoms with Crippen molar-refractivity contribution in [2.75, 3.05) is 5.75 Å². The Kier molecular flexibility index (Phi) is 7.87. The first-order chi connectivity index (χ1) is 6.56. The minimum Gasteiger partial charge on any atom is -0.159 e. The third kappa shape index (κ3) is 11.7. The molecule has 0 aromatic carbocycles. The molecule has 0 aliphatic rings. The first-order valence-corrected chi connectivity index (χ1v) is 5.61. The molecule has 0 aromatic heterocycles. The Bertz CT molecular complexity index is 188. The standard InChI is InChI=1S/C10H14F3S/c1-2-8-14-9-6-4-3-5-7-10(11,12)13/h8H,2-4,6,9H2,1H3. The van der Waals surface area contributed by atoms with Crippen molar-refractivity contribution in [1.82, 2.24) is 0 Å². The summed E-state index contributed by atoms with van der Waals surface area (Å²) < 4.78 is 34.6. The van der Waals surface area contributed by atoms with Crippen LogP contribution >= 0.6 is 11.8 Å². The largest absolute Gasteiger partial charge is 0.457 e. The van der Waals surface area contributed by atoms with Crippen molar-refractivity contribution in [3.8, 4) is 11.8 Å². The Hall–Kier alpha value is -0.300. The summed E-state index contributed by atoms with van der Waals surface area (Å²) in [5, 5.41) is 0. The van der Waals surface area contributed by atoms with E-state index < -0.39 is 6.18 Å². The Labute approximate surface area is 87.6 Å². The van der Waals surface area contributed by atoms with Crippen molar-refractivity contribution in [2.45, 2.75) is 38.8 Å². The van der Waals surface area contributed by atoms with E-state index in [1.54, 1.807) is 11.8 Å². The molecule has 0 aliphatic heterocycles. The number of hydrogen-bond donors (Lipinski definition) is 0. The lowest BCUT2D eigenvalue weighted by molar-refractivity contribution is -0.0697. The quantitative estimate of drug-likeness (QED) is 0.484. The summed E-state index contributed by atoms with van der Waals surface area (Å²) in [5.41, 5.74) is 0. The van der Waals surface area contributed by atoms with Crippen LogP contribution < -0.4 is 0 Å². The van der Waals surface area contributed by atoms with E-state index in [2.05, 4.69) is 18.6 Å². The molecular formula is C10H14F3S. The summed E-state index contributed by atoms with van der Waals surface area (Å²) in [5.74, 6) is 6.45. The molecule has 0 aromatic rings. The second-order valence-corrected chi connectivity index (χ2v) is 3.78. The minimum atomic E-state index is -4.33. The van der Waals surface area contributed by atoms with Crippen molar-refractivity contribution in [1.29, 1.82) is 0 Å². The highest BCUT2D eigenvalue weighted by atomic mass is 32.2. The molecule has 0 saturated heterocycles. The van der Waals surface area contributed by atoms with Gasteiger partial charge in [0.15, 0.2) is 0 Å². The normalized spacial score (nSPS) is 10.9. The van der Waals surface area contributed by atoms with Crippen LogP contribution in [0.5, 0.6) is 0 Å². The van der Waals surface area contributed by atoms with Gasteiger partial charge in [0.2, 0.25) is 0 Å². The van der Waals surface area contributed by atoms with Gasteiger partial charge in [-0.2, -0.15) is 24.9 Å². The van der Waals surface area contributed by atoms with E-state index in [9.17, 15) is 13.2 Å². The van der Waals surface area contributed by atoms with Gasteiger partial charge in [-0.25, -0.2) is 0 Å². The zero-order valence-corrected chi connectivity index (χ0v) is 8.97. The molecule has 0 spiro atoms. The SMILES string of the molecule is CC[CH]SCCCCC#CC(F)(F)F. The third-order valence-electron chi connectivity index (χ3n) is 1.33. The molecule has 0 unspecified atom stereocenters. The van der Waals surface area contributed by atoms with Crippen LogP contribution in [0.3, 0.4) is 0 Å². The fourth-order valence-electron chi connectivity index (χ4n) is 0.763. The maximum Gasteiger partial charge on any atom is 0.457 e. The molecular weight excluding hydrogens is 209 g/mol. The Morgan fingerprint density at radius 1 is 1.29 bits per heavy atom. The molecule has 0 fully saturated rings.